The SMILES string of the molecule is CCCCCCCC(C)=C1CCCCC1. The summed E-state index contributed by atoms with van der Waals surface area (Å²) in [7, 11) is 0. The monoisotopic (exact) mass is 208 g/mol. The molecule has 0 nitrogen and oxygen atoms in total. The Hall–Kier alpha value is -0.260. The third-order valence-corrected chi connectivity index (χ3v) is 3.72. The predicted molar refractivity (Wildman–Crippen MR) is 69.2 cm³/mol. The van der Waals surface area contributed by atoms with Gasteiger partial charge in [0.25, 0.3) is 0 Å². The Kier molecular flexibility index (Phi) is 6.80. The van der Waals surface area contributed by atoms with E-state index >= 15 is 0 Å². The molecule has 0 unspecified atom stereocenters. The van der Waals surface area contributed by atoms with Crippen LogP contribution in [-0.2, 0) is 0 Å². The molecule has 0 aromatic carbocycles. The summed E-state index contributed by atoms with van der Waals surface area (Å²) in [6.45, 7) is 4.66. The van der Waals surface area contributed by atoms with Crippen LogP contribution in [0.1, 0.15) is 84.5 Å². The van der Waals surface area contributed by atoms with Gasteiger partial charge in [-0.15, -0.1) is 0 Å². The lowest BCUT2D eigenvalue weighted by molar-refractivity contribution is 0.581. The van der Waals surface area contributed by atoms with Crippen LogP contribution in [0.2, 0.25) is 0 Å². The van der Waals surface area contributed by atoms with Crippen molar-refractivity contribution in [3.63, 3.8) is 0 Å². The van der Waals surface area contributed by atoms with E-state index in [1.807, 2.05) is 0 Å². The van der Waals surface area contributed by atoms with Crippen LogP contribution in [0.25, 0.3) is 0 Å². The second-order valence-electron chi connectivity index (χ2n) is 5.11. The van der Waals surface area contributed by atoms with Gasteiger partial charge in [0.05, 0.1) is 0 Å². The number of allylic oxidation sites excluding steroid dienone is 2. The fraction of sp³-hybridized carbons (Fsp3) is 0.867. The topological polar surface area (TPSA) is 0 Å². The fourth-order valence-electron chi connectivity index (χ4n) is 2.58. The minimum atomic E-state index is 1.36. The van der Waals surface area contributed by atoms with E-state index < -0.39 is 0 Å². The second kappa shape index (κ2) is 7.96. The lowest BCUT2D eigenvalue weighted by Crippen LogP contribution is -1.97. The molecule has 1 rings (SSSR count). The molecule has 1 aliphatic carbocycles. The van der Waals surface area contributed by atoms with Crippen molar-refractivity contribution >= 4 is 0 Å². The van der Waals surface area contributed by atoms with Gasteiger partial charge in [-0.2, -0.15) is 0 Å². The summed E-state index contributed by atoms with van der Waals surface area (Å²) in [4.78, 5) is 0. The number of hydrogen-bond donors (Lipinski definition) is 0. The van der Waals surface area contributed by atoms with Crippen LogP contribution in [0.5, 0.6) is 0 Å². The molecule has 0 amide bonds. The molecule has 1 fully saturated rings. The van der Waals surface area contributed by atoms with Gasteiger partial charge in [0.15, 0.2) is 0 Å². The molecule has 1 saturated carbocycles. The zero-order valence-corrected chi connectivity index (χ0v) is 10.8. The molecular weight excluding hydrogens is 180 g/mol. The van der Waals surface area contributed by atoms with Crippen LogP contribution in [0.3, 0.4) is 0 Å². The minimum absolute atomic E-state index is 1.36. The Labute approximate surface area is 96.2 Å². The first-order valence-corrected chi connectivity index (χ1v) is 7.02. The highest BCUT2D eigenvalue weighted by Crippen LogP contribution is 2.27. The van der Waals surface area contributed by atoms with Gasteiger partial charge in [-0.05, 0) is 45.4 Å². The van der Waals surface area contributed by atoms with E-state index in [4.69, 9.17) is 0 Å². The van der Waals surface area contributed by atoms with Gasteiger partial charge >= 0.3 is 0 Å². The molecule has 88 valence electrons. The van der Waals surface area contributed by atoms with E-state index in [2.05, 4.69) is 13.8 Å². The largest absolute Gasteiger partial charge is 0.0741 e. The van der Waals surface area contributed by atoms with Gasteiger partial charge in [0, 0.05) is 0 Å². The van der Waals surface area contributed by atoms with Crippen LogP contribution in [-0.4, -0.2) is 0 Å². The average Bonchev–Trinajstić information content (AvgIpc) is 2.30. The molecule has 0 bridgehead atoms. The number of unbranched alkanes of at least 4 members (excludes halogenated alkanes) is 4. The lowest BCUT2D eigenvalue weighted by Gasteiger charge is -2.17. The molecule has 0 heterocycles. The molecule has 15 heavy (non-hydrogen) atoms. The van der Waals surface area contributed by atoms with E-state index in [0.717, 1.165) is 0 Å². The highest BCUT2D eigenvalue weighted by molar-refractivity contribution is 5.13. The molecule has 0 heteroatoms. The van der Waals surface area contributed by atoms with E-state index in [9.17, 15) is 0 Å². The van der Waals surface area contributed by atoms with Crippen molar-refractivity contribution in [2.24, 2.45) is 0 Å². The Morgan fingerprint density at radius 1 is 0.933 bits per heavy atom. The summed E-state index contributed by atoms with van der Waals surface area (Å²) in [5.74, 6) is 0. The van der Waals surface area contributed by atoms with Gasteiger partial charge in [0.2, 0.25) is 0 Å². The molecule has 0 N–H and O–H groups in total. The number of hydrogen-bond acceptors (Lipinski definition) is 0. The Morgan fingerprint density at radius 2 is 1.60 bits per heavy atom. The second-order valence-corrected chi connectivity index (χ2v) is 5.11. The van der Waals surface area contributed by atoms with Crippen LogP contribution in [0, 0.1) is 0 Å². The smallest absolute Gasteiger partial charge is 0.0318 e. The van der Waals surface area contributed by atoms with E-state index in [1.165, 1.54) is 70.6 Å². The normalized spacial score (nSPS) is 16.8. The fourth-order valence-corrected chi connectivity index (χ4v) is 2.58. The van der Waals surface area contributed by atoms with Crippen molar-refractivity contribution in [3.8, 4) is 0 Å². The molecule has 0 saturated heterocycles. The molecule has 0 spiro atoms. The van der Waals surface area contributed by atoms with Crippen molar-refractivity contribution in [1.29, 1.82) is 0 Å². The molecule has 1 aliphatic rings. The van der Waals surface area contributed by atoms with Crippen molar-refractivity contribution in [3.05, 3.63) is 11.1 Å². The Morgan fingerprint density at radius 3 is 2.27 bits per heavy atom. The molecule has 0 aromatic rings. The summed E-state index contributed by atoms with van der Waals surface area (Å²) in [6.07, 6.45) is 15.6. The van der Waals surface area contributed by atoms with Crippen LogP contribution < -0.4 is 0 Å². The van der Waals surface area contributed by atoms with E-state index in [0.29, 0.717) is 0 Å². The van der Waals surface area contributed by atoms with Gasteiger partial charge in [-0.1, -0.05) is 50.2 Å². The third-order valence-electron chi connectivity index (χ3n) is 3.72. The molecule has 0 aromatic heterocycles. The first-order valence-electron chi connectivity index (χ1n) is 7.02. The van der Waals surface area contributed by atoms with E-state index in [-0.39, 0.29) is 0 Å². The van der Waals surface area contributed by atoms with Crippen LogP contribution >= 0.6 is 0 Å². The summed E-state index contributed by atoms with van der Waals surface area (Å²) in [6, 6.07) is 0. The average molecular weight is 208 g/mol. The zero-order valence-electron chi connectivity index (χ0n) is 10.8. The van der Waals surface area contributed by atoms with Crippen molar-refractivity contribution in [2.45, 2.75) is 84.5 Å². The maximum Gasteiger partial charge on any atom is -0.0318 e. The minimum Gasteiger partial charge on any atom is -0.0741 e. The van der Waals surface area contributed by atoms with Gasteiger partial charge in [-0.3, -0.25) is 0 Å². The Bertz CT molecular complexity index is 180. The molecule has 0 radical (unpaired) electrons. The first kappa shape index (κ1) is 12.8. The van der Waals surface area contributed by atoms with Gasteiger partial charge in [-0.25, -0.2) is 0 Å². The van der Waals surface area contributed by atoms with Gasteiger partial charge < -0.3 is 0 Å². The summed E-state index contributed by atoms with van der Waals surface area (Å²) in [5.41, 5.74) is 3.53. The summed E-state index contributed by atoms with van der Waals surface area (Å²) < 4.78 is 0. The summed E-state index contributed by atoms with van der Waals surface area (Å²) in [5, 5.41) is 0. The molecule has 0 atom stereocenters. The van der Waals surface area contributed by atoms with Gasteiger partial charge in [0.1, 0.15) is 0 Å². The molecular formula is C15H28. The van der Waals surface area contributed by atoms with Crippen LogP contribution in [0.15, 0.2) is 11.1 Å². The lowest BCUT2D eigenvalue weighted by atomic mass is 9.90. The zero-order chi connectivity index (χ0) is 10.9. The van der Waals surface area contributed by atoms with Crippen molar-refractivity contribution < 1.29 is 0 Å². The third kappa shape index (κ3) is 5.39. The predicted octanol–water partition coefficient (Wildman–Crippen LogP) is 5.63. The molecule has 0 aliphatic heterocycles. The summed E-state index contributed by atoms with van der Waals surface area (Å²) >= 11 is 0. The van der Waals surface area contributed by atoms with Crippen molar-refractivity contribution in [1.82, 2.24) is 0 Å². The maximum absolute atomic E-state index is 2.38. The first-order chi connectivity index (χ1) is 7.34. The maximum atomic E-state index is 2.38. The van der Waals surface area contributed by atoms with E-state index in [1.54, 1.807) is 11.1 Å². The van der Waals surface area contributed by atoms with Crippen molar-refractivity contribution in [2.75, 3.05) is 0 Å². The highest BCUT2D eigenvalue weighted by atomic mass is 14.1. The Balaban J connectivity index is 2.13. The highest BCUT2D eigenvalue weighted by Gasteiger charge is 2.07. The quantitative estimate of drug-likeness (QED) is 0.392. The van der Waals surface area contributed by atoms with Crippen LogP contribution in [0.4, 0.5) is 0 Å². The standard InChI is InChI=1S/C15H28/c1-3-4-5-6-8-11-14(2)15-12-9-7-10-13-15/h3-13H2,1-2H3. The number of rotatable bonds is 6.